The van der Waals surface area contributed by atoms with Crippen LogP contribution in [0.15, 0.2) is 54.7 Å². The van der Waals surface area contributed by atoms with E-state index in [1.54, 1.807) is 18.3 Å². The van der Waals surface area contributed by atoms with Crippen LogP contribution in [0.3, 0.4) is 0 Å². The molecule has 1 saturated heterocycles. The number of fused-ring (bicyclic) bond motifs is 1. The molecule has 2 aromatic heterocycles. The molecule has 51 heavy (non-hydrogen) atoms. The predicted molar refractivity (Wildman–Crippen MR) is 174 cm³/mol. The number of aromatic nitrogens is 4. The summed E-state index contributed by atoms with van der Waals surface area (Å²) in [5.74, 6) is -2.60. The second kappa shape index (κ2) is 16.0. The molecule has 1 amide bonds. The number of aliphatic carboxylic acids is 2. The van der Waals surface area contributed by atoms with Gasteiger partial charge in [-0.1, -0.05) is 12.1 Å². The van der Waals surface area contributed by atoms with Crippen LogP contribution in [-0.2, 0) is 9.59 Å². The third kappa shape index (κ3) is 11.0. The van der Waals surface area contributed by atoms with Crippen LogP contribution in [0.5, 0.6) is 0 Å². The lowest BCUT2D eigenvalue weighted by Crippen LogP contribution is -2.30. The summed E-state index contributed by atoms with van der Waals surface area (Å²) in [4.78, 5) is 51.7. The highest BCUT2D eigenvalue weighted by atomic mass is 19.4. The lowest BCUT2D eigenvalue weighted by atomic mass is 10.1. The van der Waals surface area contributed by atoms with Gasteiger partial charge in [-0.25, -0.2) is 29.5 Å². The van der Waals surface area contributed by atoms with Gasteiger partial charge in [0.05, 0.1) is 11.2 Å². The van der Waals surface area contributed by atoms with Crippen molar-refractivity contribution in [1.82, 2.24) is 25.3 Å². The number of nitrogens with zero attached hydrogens (tertiary/aromatic N) is 5. The van der Waals surface area contributed by atoms with E-state index >= 15 is 0 Å². The number of hydrogen-bond acceptors (Lipinski definition) is 9. The highest BCUT2D eigenvalue weighted by molar-refractivity contribution is 5.95. The average molecular weight is 722 g/mol. The van der Waals surface area contributed by atoms with Gasteiger partial charge in [0.1, 0.15) is 11.6 Å². The summed E-state index contributed by atoms with van der Waals surface area (Å²) in [6, 6.07) is 15.6. The van der Waals surface area contributed by atoms with E-state index < -0.39 is 24.3 Å². The van der Waals surface area contributed by atoms with E-state index in [0.29, 0.717) is 17.4 Å². The number of carbonyl (C=O) groups is 3. The number of nitrogens with one attached hydrogen (secondary N) is 2. The first kappa shape index (κ1) is 38.3. The zero-order valence-corrected chi connectivity index (χ0v) is 27.2. The van der Waals surface area contributed by atoms with Gasteiger partial charge in [0, 0.05) is 53.4 Å². The molecule has 0 spiro atoms. The molecule has 272 valence electrons. The van der Waals surface area contributed by atoms with Crippen molar-refractivity contribution in [2.45, 2.75) is 63.8 Å². The molecule has 2 fully saturated rings. The van der Waals surface area contributed by atoms with E-state index in [4.69, 9.17) is 34.8 Å². The highest BCUT2D eigenvalue weighted by Gasteiger charge is 2.39. The van der Waals surface area contributed by atoms with Crippen molar-refractivity contribution < 1.29 is 50.9 Å². The number of alkyl halides is 6. The van der Waals surface area contributed by atoms with Gasteiger partial charge in [-0.15, -0.1) is 0 Å². The Morgan fingerprint density at radius 3 is 2.06 bits per heavy atom. The fourth-order valence-corrected chi connectivity index (χ4v) is 4.78. The Kier molecular flexibility index (Phi) is 12.0. The van der Waals surface area contributed by atoms with Gasteiger partial charge >= 0.3 is 24.3 Å². The number of benzene rings is 2. The van der Waals surface area contributed by atoms with Crippen LogP contribution in [0.4, 0.5) is 43.8 Å². The number of amides is 1. The first-order valence-electron chi connectivity index (χ1n) is 15.6. The zero-order chi connectivity index (χ0) is 37.5. The summed E-state index contributed by atoms with van der Waals surface area (Å²) < 4.78 is 63.5. The van der Waals surface area contributed by atoms with Crippen molar-refractivity contribution in [1.29, 1.82) is 0 Å². The molecular weight excluding hydrogens is 688 g/mol. The minimum Gasteiger partial charge on any atom is -0.475 e. The van der Waals surface area contributed by atoms with E-state index in [-0.39, 0.29) is 11.9 Å². The Labute approximate surface area is 287 Å². The summed E-state index contributed by atoms with van der Waals surface area (Å²) in [6.07, 6.45) is -3.65. The topological polar surface area (TPSA) is 171 Å². The maximum Gasteiger partial charge on any atom is 0.490 e. The van der Waals surface area contributed by atoms with Crippen LogP contribution >= 0.6 is 0 Å². The minimum atomic E-state index is -5.08. The highest BCUT2D eigenvalue weighted by Crippen LogP contribution is 2.40. The van der Waals surface area contributed by atoms with Crippen molar-refractivity contribution in [2.24, 2.45) is 0 Å². The molecule has 2 aliphatic rings. The smallest absolute Gasteiger partial charge is 0.475 e. The number of anilines is 3. The second-order valence-corrected chi connectivity index (χ2v) is 11.8. The van der Waals surface area contributed by atoms with Crippen LogP contribution in [0.1, 0.15) is 61.6 Å². The summed E-state index contributed by atoms with van der Waals surface area (Å²) in [5.41, 5.74) is 4.14. The Balaban J connectivity index is 0.000000353. The Morgan fingerprint density at radius 1 is 0.863 bits per heavy atom. The Bertz CT molecular complexity index is 1850. The maximum absolute atomic E-state index is 12.4. The standard InChI is InChI=1S/C29H31N7O.2C2HF3O2/c1-18(2)31-28(37)21-6-5-7-22(16-21)32-29-30-13-12-24(34-29)20-10-11-25-23(17-20)27(36-14-3-4-15-36)35-26(33-25)19-8-9-19;2*3-2(4,5)1(6)7/h5-7,10-13,16-19H,3-4,8-9,14-15H2,1-2H3,(H,31,37)(H,30,32,34);2*(H,6,7). The summed E-state index contributed by atoms with van der Waals surface area (Å²) in [5, 5.41) is 21.5. The third-order valence-corrected chi connectivity index (χ3v) is 7.28. The van der Waals surface area contributed by atoms with Crippen LogP contribution in [0.2, 0.25) is 0 Å². The van der Waals surface area contributed by atoms with Crippen molar-refractivity contribution in [3.63, 3.8) is 0 Å². The van der Waals surface area contributed by atoms with Crippen molar-refractivity contribution in [3.05, 3.63) is 66.1 Å². The van der Waals surface area contributed by atoms with Gasteiger partial charge in [0.25, 0.3) is 5.91 Å². The van der Waals surface area contributed by atoms with E-state index in [1.165, 1.54) is 25.7 Å². The molecule has 1 saturated carbocycles. The molecule has 0 bridgehead atoms. The number of carboxylic acid groups (broad SMARTS) is 2. The number of halogens is 6. The van der Waals surface area contributed by atoms with Crippen LogP contribution < -0.4 is 15.5 Å². The summed E-state index contributed by atoms with van der Waals surface area (Å²) in [7, 11) is 0. The fraction of sp³-hybridized carbons (Fsp3) is 0.364. The summed E-state index contributed by atoms with van der Waals surface area (Å²) >= 11 is 0. The summed E-state index contributed by atoms with van der Waals surface area (Å²) in [6.45, 7) is 5.96. The van der Waals surface area contributed by atoms with Gasteiger partial charge in [-0.3, -0.25) is 4.79 Å². The number of hydrogen-bond donors (Lipinski definition) is 4. The molecule has 0 unspecified atom stereocenters. The van der Waals surface area contributed by atoms with Crippen LogP contribution in [0, 0.1) is 0 Å². The predicted octanol–water partition coefficient (Wildman–Crippen LogP) is 6.71. The molecule has 4 N–H and O–H groups in total. The molecule has 18 heteroatoms. The molecule has 3 heterocycles. The monoisotopic (exact) mass is 721 g/mol. The number of rotatable bonds is 7. The quantitative estimate of drug-likeness (QED) is 0.150. The van der Waals surface area contributed by atoms with Gasteiger partial charge < -0.3 is 25.7 Å². The minimum absolute atomic E-state index is 0.0720. The van der Waals surface area contributed by atoms with E-state index in [2.05, 4.69) is 38.7 Å². The van der Waals surface area contributed by atoms with Gasteiger partial charge in [0.2, 0.25) is 5.95 Å². The molecule has 1 aliphatic heterocycles. The lowest BCUT2D eigenvalue weighted by Gasteiger charge is -2.19. The van der Waals surface area contributed by atoms with Crippen molar-refractivity contribution >= 4 is 46.2 Å². The molecule has 12 nitrogen and oxygen atoms in total. The first-order valence-corrected chi connectivity index (χ1v) is 15.6. The van der Waals surface area contributed by atoms with Crippen molar-refractivity contribution in [3.8, 4) is 11.3 Å². The van der Waals surface area contributed by atoms with Crippen LogP contribution in [0.25, 0.3) is 22.2 Å². The molecule has 0 atom stereocenters. The molecule has 1 aliphatic carbocycles. The number of carbonyl (C=O) groups excluding carboxylic acids is 1. The van der Waals surface area contributed by atoms with Crippen LogP contribution in [-0.4, -0.2) is 79.5 Å². The molecule has 6 rings (SSSR count). The van der Waals surface area contributed by atoms with Gasteiger partial charge in [-0.05, 0) is 75.9 Å². The Morgan fingerprint density at radius 2 is 1.49 bits per heavy atom. The second-order valence-electron chi connectivity index (χ2n) is 11.8. The third-order valence-electron chi connectivity index (χ3n) is 7.28. The molecular formula is C33H33F6N7O5. The average Bonchev–Trinajstić information content (AvgIpc) is 3.77. The zero-order valence-electron chi connectivity index (χ0n) is 27.2. The fourth-order valence-electron chi connectivity index (χ4n) is 4.78. The van der Waals surface area contributed by atoms with Gasteiger partial charge in [-0.2, -0.15) is 26.3 Å². The lowest BCUT2D eigenvalue weighted by molar-refractivity contribution is -0.193. The SMILES string of the molecule is CC(C)NC(=O)c1cccc(Nc2nccc(-c3ccc4nc(C5CC5)nc(N5CCCC5)c4c3)n2)c1.O=C(O)C(F)(F)F.O=C(O)C(F)(F)F. The molecule has 0 radical (unpaired) electrons. The number of carboxylic acids is 2. The van der Waals surface area contributed by atoms with Gasteiger partial charge in [0.15, 0.2) is 0 Å². The van der Waals surface area contributed by atoms with Crippen molar-refractivity contribution in [2.75, 3.05) is 23.3 Å². The molecule has 4 aromatic rings. The Hall–Kier alpha value is -5.55. The normalized spacial score (nSPS) is 14.3. The largest absolute Gasteiger partial charge is 0.490 e. The maximum atomic E-state index is 12.4. The van der Waals surface area contributed by atoms with E-state index in [9.17, 15) is 31.1 Å². The molecule has 2 aromatic carbocycles. The first-order chi connectivity index (χ1) is 23.9. The van der Waals surface area contributed by atoms with E-state index in [0.717, 1.165) is 52.6 Å². The van der Waals surface area contributed by atoms with E-state index in [1.807, 2.05) is 32.0 Å².